The molecule has 4 heteroatoms. The Labute approximate surface area is 120 Å². The molecular formula is C16H24N2O2. The molecule has 3 atom stereocenters. The SMILES string of the molecule is COC(=O)Nc1ccc(NC2CCCC(C)C2C)cc1. The smallest absolute Gasteiger partial charge is 0.411 e. The van der Waals surface area contributed by atoms with Gasteiger partial charge in [0.05, 0.1) is 7.11 Å². The molecule has 1 aliphatic rings. The number of hydrogen-bond donors (Lipinski definition) is 2. The Bertz CT molecular complexity index is 444. The standard InChI is InChI=1S/C16H24N2O2/c1-11-5-4-6-15(12(11)2)17-13-7-9-14(10-8-13)18-16(19)20-3/h7-12,15,17H,4-6H2,1-3H3,(H,18,19). The van der Waals surface area contributed by atoms with Crippen LogP contribution in [0, 0.1) is 11.8 Å². The third kappa shape index (κ3) is 3.65. The number of ether oxygens (including phenoxy) is 1. The zero-order valence-corrected chi connectivity index (χ0v) is 12.5. The van der Waals surface area contributed by atoms with E-state index >= 15 is 0 Å². The number of hydrogen-bond acceptors (Lipinski definition) is 3. The molecular weight excluding hydrogens is 252 g/mol. The monoisotopic (exact) mass is 276 g/mol. The second kappa shape index (κ2) is 6.64. The van der Waals surface area contributed by atoms with Crippen molar-refractivity contribution in [3.8, 4) is 0 Å². The predicted octanol–water partition coefficient (Wildman–Crippen LogP) is 4.10. The lowest BCUT2D eigenvalue weighted by atomic mass is 9.78. The van der Waals surface area contributed by atoms with Crippen LogP contribution in [-0.4, -0.2) is 19.2 Å². The van der Waals surface area contributed by atoms with Gasteiger partial charge in [-0.2, -0.15) is 0 Å². The van der Waals surface area contributed by atoms with Crippen molar-refractivity contribution in [1.29, 1.82) is 0 Å². The van der Waals surface area contributed by atoms with Crippen LogP contribution in [0.25, 0.3) is 0 Å². The van der Waals surface area contributed by atoms with Crippen LogP contribution >= 0.6 is 0 Å². The largest absolute Gasteiger partial charge is 0.453 e. The van der Waals surface area contributed by atoms with E-state index in [0.717, 1.165) is 17.3 Å². The van der Waals surface area contributed by atoms with Crippen molar-refractivity contribution in [2.75, 3.05) is 17.7 Å². The van der Waals surface area contributed by atoms with Gasteiger partial charge in [0, 0.05) is 17.4 Å². The van der Waals surface area contributed by atoms with E-state index in [9.17, 15) is 4.79 Å². The van der Waals surface area contributed by atoms with E-state index < -0.39 is 6.09 Å². The van der Waals surface area contributed by atoms with E-state index in [0.29, 0.717) is 12.0 Å². The van der Waals surface area contributed by atoms with Crippen molar-refractivity contribution in [2.45, 2.75) is 39.2 Å². The summed E-state index contributed by atoms with van der Waals surface area (Å²) in [4.78, 5) is 11.1. The van der Waals surface area contributed by atoms with Crippen molar-refractivity contribution in [3.05, 3.63) is 24.3 Å². The van der Waals surface area contributed by atoms with Crippen molar-refractivity contribution in [2.24, 2.45) is 11.8 Å². The number of nitrogens with one attached hydrogen (secondary N) is 2. The summed E-state index contributed by atoms with van der Waals surface area (Å²) < 4.78 is 4.57. The maximum absolute atomic E-state index is 11.1. The maximum Gasteiger partial charge on any atom is 0.411 e. The van der Waals surface area contributed by atoms with Crippen LogP contribution in [0.4, 0.5) is 16.2 Å². The molecule has 1 amide bonds. The summed E-state index contributed by atoms with van der Waals surface area (Å²) in [5.41, 5.74) is 1.85. The molecule has 1 aromatic carbocycles. The summed E-state index contributed by atoms with van der Waals surface area (Å²) in [6, 6.07) is 8.30. The first-order chi connectivity index (χ1) is 9.60. The van der Waals surface area contributed by atoms with E-state index in [2.05, 4.69) is 29.2 Å². The minimum atomic E-state index is -0.444. The molecule has 1 saturated carbocycles. The summed E-state index contributed by atoms with van der Waals surface area (Å²) in [6.45, 7) is 4.66. The summed E-state index contributed by atoms with van der Waals surface area (Å²) in [6.07, 6.45) is 3.42. The average Bonchev–Trinajstić information content (AvgIpc) is 2.46. The summed E-state index contributed by atoms with van der Waals surface area (Å²) in [7, 11) is 1.36. The molecule has 0 bridgehead atoms. The summed E-state index contributed by atoms with van der Waals surface area (Å²) in [5.74, 6) is 1.47. The second-order valence-corrected chi connectivity index (χ2v) is 5.71. The molecule has 0 radical (unpaired) electrons. The van der Waals surface area contributed by atoms with Crippen LogP contribution in [0.5, 0.6) is 0 Å². The number of carbonyl (C=O) groups is 1. The highest BCUT2D eigenvalue weighted by Gasteiger charge is 2.26. The number of benzene rings is 1. The Morgan fingerprint density at radius 3 is 2.45 bits per heavy atom. The van der Waals surface area contributed by atoms with Crippen LogP contribution in [0.2, 0.25) is 0 Å². The number of carbonyl (C=O) groups excluding carboxylic acids is 1. The normalized spacial score (nSPS) is 25.9. The third-order valence-electron chi connectivity index (χ3n) is 4.38. The average molecular weight is 276 g/mol. The number of rotatable bonds is 3. The molecule has 20 heavy (non-hydrogen) atoms. The molecule has 1 aliphatic carbocycles. The fourth-order valence-electron chi connectivity index (χ4n) is 2.82. The van der Waals surface area contributed by atoms with E-state index in [1.807, 2.05) is 24.3 Å². The van der Waals surface area contributed by atoms with Crippen LogP contribution in [0.3, 0.4) is 0 Å². The van der Waals surface area contributed by atoms with Crippen LogP contribution in [0.1, 0.15) is 33.1 Å². The highest BCUT2D eigenvalue weighted by Crippen LogP contribution is 2.31. The Balaban J connectivity index is 1.94. The zero-order valence-electron chi connectivity index (χ0n) is 12.5. The van der Waals surface area contributed by atoms with Crippen LogP contribution in [0.15, 0.2) is 24.3 Å². The summed E-state index contributed by atoms with van der Waals surface area (Å²) >= 11 is 0. The van der Waals surface area contributed by atoms with Gasteiger partial charge in [0.25, 0.3) is 0 Å². The van der Waals surface area contributed by atoms with Gasteiger partial charge in [0.1, 0.15) is 0 Å². The summed E-state index contributed by atoms with van der Waals surface area (Å²) in [5, 5.41) is 6.26. The minimum absolute atomic E-state index is 0.444. The Hall–Kier alpha value is -1.71. The highest BCUT2D eigenvalue weighted by molar-refractivity contribution is 5.84. The topological polar surface area (TPSA) is 50.4 Å². The van der Waals surface area contributed by atoms with Gasteiger partial charge in [-0.05, 0) is 42.5 Å². The van der Waals surface area contributed by atoms with Gasteiger partial charge in [-0.15, -0.1) is 0 Å². The van der Waals surface area contributed by atoms with Gasteiger partial charge in [0.2, 0.25) is 0 Å². The van der Waals surface area contributed by atoms with Crippen molar-refractivity contribution >= 4 is 17.5 Å². The molecule has 2 rings (SSSR count). The first-order valence-corrected chi connectivity index (χ1v) is 7.31. The minimum Gasteiger partial charge on any atom is -0.453 e. The lowest BCUT2D eigenvalue weighted by Gasteiger charge is -2.35. The molecule has 0 heterocycles. The lowest BCUT2D eigenvalue weighted by molar-refractivity contribution is 0.187. The molecule has 110 valence electrons. The molecule has 0 spiro atoms. The number of amides is 1. The maximum atomic E-state index is 11.1. The van der Waals surface area contributed by atoms with Gasteiger partial charge in [-0.3, -0.25) is 5.32 Å². The van der Waals surface area contributed by atoms with E-state index in [1.54, 1.807) is 0 Å². The lowest BCUT2D eigenvalue weighted by Crippen LogP contribution is -2.34. The number of anilines is 2. The van der Waals surface area contributed by atoms with Crippen molar-refractivity contribution < 1.29 is 9.53 Å². The van der Waals surface area contributed by atoms with Gasteiger partial charge in [-0.1, -0.05) is 26.7 Å². The molecule has 0 saturated heterocycles. The van der Waals surface area contributed by atoms with Gasteiger partial charge >= 0.3 is 6.09 Å². The van der Waals surface area contributed by atoms with Gasteiger partial charge < -0.3 is 10.1 Å². The Morgan fingerprint density at radius 2 is 1.80 bits per heavy atom. The quantitative estimate of drug-likeness (QED) is 0.873. The van der Waals surface area contributed by atoms with E-state index in [1.165, 1.54) is 26.4 Å². The number of methoxy groups -OCH3 is 1. The van der Waals surface area contributed by atoms with E-state index in [-0.39, 0.29) is 0 Å². The zero-order chi connectivity index (χ0) is 14.5. The fraction of sp³-hybridized carbons (Fsp3) is 0.562. The molecule has 2 N–H and O–H groups in total. The first kappa shape index (κ1) is 14.7. The predicted molar refractivity (Wildman–Crippen MR) is 82.1 cm³/mol. The van der Waals surface area contributed by atoms with Gasteiger partial charge in [-0.25, -0.2) is 4.79 Å². The molecule has 3 unspecified atom stereocenters. The van der Waals surface area contributed by atoms with Crippen LogP contribution < -0.4 is 10.6 Å². The molecule has 1 fully saturated rings. The van der Waals surface area contributed by atoms with Crippen molar-refractivity contribution in [1.82, 2.24) is 0 Å². The third-order valence-corrected chi connectivity index (χ3v) is 4.38. The van der Waals surface area contributed by atoms with E-state index in [4.69, 9.17) is 0 Å². The van der Waals surface area contributed by atoms with Gasteiger partial charge in [0.15, 0.2) is 0 Å². The van der Waals surface area contributed by atoms with Crippen LogP contribution in [-0.2, 0) is 4.74 Å². The fourth-order valence-corrected chi connectivity index (χ4v) is 2.82. The Kier molecular flexibility index (Phi) is 4.88. The van der Waals surface area contributed by atoms with Crippen molar-refractivity contribution in [3.63, 3.8) is 0 Å². The second-order valence-electron chi connectivity index (χ2n) is 5.71. The Morgan fingerprint density at radius 1 is 1.15 bits per heavy atom. The molecule has 0 aliphatic heterocycles. The highest BCUT2D eigenvalue weighted by atomic mass is 16.5. The molecule has 0 aromatic heterocycles. The molecule has 4 nitrogen and oxygen atoms in total. The first-order valence-electron chi connectivity index (χ1n) is 7.31. The molecule has 1 aromatic rings.